The number of carbonyl (C=O) groups is 1. The Hall–Kier alpha value is -3.16. The van der Waals surface area contributed by atoms with E-state index in [1.54, 1.807) is 19.3 Å². The summed E-state index contributed by atoms with van der Waals surface area (Å²) in [7, 11) is 1.64. The van der Waals surface area contributed by atoms with Crippen molar-refractivity contribution in [2.75, 3.05) is 24.5 Å². The average molecular weight is 366 g/mol. The number of amides is 1. The zero-order valence-corrected chi connectivity index (χ0v) is 15.4. The largest absolute Gasteiger partial charge is 0.370 e. The first-order valence-electron chi connectivity index (χ1n) is 9.03. The second kappa shape index (κ2) is 6.86. The maximum Gasteiger partial charge on any atom is 0.270 e. The molecule has 8 heteroatoms. The number of rotatable bonds is 4. The van der Waals surface area contributed by atoms with Gasteiger partial charge in [0.25, 0.3) is 11.5 Å². The standard InChI is InChI=1S/C19H22N6O2/c1-13-18(25-7-4-3-5-16(25)22-13)19(27)20-10-14-6-8-24(12-14)15-9-17(26)23(2)21-11-15/h3-5,7,9,11,14H,6,8,10,12H2,1-2H3,(H,20,27)/t14-/m1/s1. The summed E-state index contributed by atoms with van der Waals surface area (Å²) in [6, 6.07) is 7.28. The van der Waals surface area contributed by atoms with Crippen molar-refractivity contribution < 1.29 is 4.79 Å². The molecule has 0 spiro atoms. The summed E-state index contributed by atoms with van der Waals surface area (Å²) in [6.45, 7) is 4.08. The summed E-state index contributed by atoms with van der Waals surface area (Å²) >= 11 is 0. The van der Waals surface area contributed by atoms with Crippen LogP contribution < -0.4 is 15.8 Å². The lowest BCUT2D eigenvalue weighted by molar-refractivity contribution is 0.0941. The van der Waals surface area contributed by atoms with Gasteiger partial charge in [0.2, 0.25) is 0 Å². The number of imidazole rings is 1. The minimum absolute atomic E-state index is 0.111. The van der Waals surface area contributed by atoms with Crippen molar-refractivity contribution >= 4 is 17.2 Å². The lowest BCUT2D eigenvalue weighted by Crippen LogP contribution is -2.32. The number of fused-ring (bicyclic) bond motifs is 1. The van der Waals surface area contributed by atoms with Crippen molar-refractivity contribution in [2.45, 2.75) is 13.3 Å². The van der Waals surface area contributed by atoms with E-state index in [-0.39, 0.29) is 11.5 Å². The zero-order valence-electron chi connectivity index (χ0n) is 15.4. The second-order valence-corrected chi connectivity index (χ2v) is 6.96. The molecule has 3 aromatic heterocycles. The van der Waals surface area contributed by atoms with Crippen LogP contribution in [-0.4, -0.2) is 44.7 Å². The van der Waals surface area contributed by atoms with Crippen LogP contribution >= 0.6 is 0 Å². The van der Waals surface area contributed by atoms with Gasteiger partial charge < -0.3 is 10.2 Å². The molecule has 0 bridgehead atoms. The van der Waals surface area contributed by atoms with E-state index in [1.165, 1.54) is 4.68 Å². The van der Waals surface area contributed by atoms with Gasteiger partial charge in [0.05, 0.1) is 17.6 Å². The highest BCUT2D eigenvalue weighted by Crippen LogP contribution is 2.21. The average Bonchev–Trinajstić information content (AvgIpc) is 3.25. The fourth-order valence-corrected chi connectivity index (χ4v) is 3.57. The molecule has 8 nitrogen and oxygen atoms in total. The summed E-state index contributed by atoms with van der Waals surface area (Å²) in [5, 5.41) is 7.12. The lowest BCUT2D eigenvalue weighted by Gasteiger charge is -2.18. The minimum atomic E-state index is -0.118. The van der Waals surface area contributed by atoms with Gasteiger partial charge in [-0.05, 0) is 31.4 Å². The van der Waals surface area contributed by atoms with Crippen molar-refractivity contribution in [1.82, 2.24) is 24.5 Å². The highest BCUT2D eigenvalue weighted by molar-refractivity contribution is 5.94. The van der Waals surface area contributed by atoms with E-state index >= 15 is 0 Å². The number of carbonyl (C=O) groups excluding carboxylic acids is 1. The third kappa shape index (κ3) is 3.30. The van der Waals surface area contributed by atoms with Gasteiger partial charge in [-0.15, -0.1) is 0 Å². The summed E-state index contributed by atoms with van der Waals surface area (Å²) in [5.74, 6) is 0.220. The Kier molecular flexibility index (Phi) is 4.39. The van der Waals surface area contributed by atoms with E-state index in [9.17, 15) is 9.59 Å². The van der Waals surface area contributed by atoms with E-state index in [0.29, 0.717) is 18.2 Å². The molecule has 4 rings (SSSR count). The summed E-state index contributed by atoms with van der Waals surface area (Å²) in [4.78, 5) is 31.0. The molecule has 1 aliphatic heterocycles. The fraction of sp³-hybridized carbons (Fsp3) is 0.368. The monoisotopic (exact) mass is 366 g/mol. The Labute approximate surface area is 156 Å². The third-order valence-corrected chi connectivity index (χ3v) is 5.08. The van der Waals surface area contributed by atoms with E-state index < -0.39 is 0 Å². The van der Waals surface area contributed by atoms with Gasteiger partial charge in [0.1, 0.15) is 11.3 Å². The zero-order chi connectivity index (χ0) is 19.0. The van der Waals surface area contributed by atoms with Gasteiger partial charge >= 0.3 is 0 Å². The van der Waals surface area contributed by atoms with Gasteiger partial charge in [-0.3, -0.25) is 14.0 Å². The summed E-state index contributed by atoms with van der Waals surface area (Å²) in [6.07, 6.45) is 4.52. The highest BCUT2D eigenvalue weighted by Gasteiger charge is 2.25. The van der Waals surface area contributed by atoms with Crippen molar-refractivity contribution in [3.63, 3.8) is 0 Å². The molecular formula is C19H22N6O2. The molecule has 3 aromatic rings. The molecule has 0 aromatic carbocycles. The van der Waals surface area contributed by atoms with Crippen LogP contribution in [0.3, 0.4) is 0 Å². The molecular weight excluding hydrogens is 344 g/mol. The second-order valence-electron chi connectivity index (χ2n) is 6.96. The van der Waals surface area contributed by atoms with Crippen molar-refractivity contribution in [3.8, 4) is 0 Å². The predicted molar refractivity (Wildman–Crippen MR) is 102 cm³/mol. The van der Waals surface area contributed by atoms with Crippen molar-refractivity contribution in [1.29, 1.82) is 0 Å². The van der Waals surface area contributed by atoms with Crippen LogP contribution in [0.4, 0.5) is 5.69 Å². The quantitative estimate of drug-likeness (QED) is 0.744. The molecule has 1 atom stereocenters. The van der Waals surface area contributed by atoms with Crippen LogP contribution in [0, 0.1) is 12.8 Å². The van der Waals surface area contributed by atoms with Crippen LogP contribution in [0.2, 0.25) is 0 Å². The summed E-state index contributed by atoms with van der Waals surface area (Å²) in [5.41, 5.74) is 2.79. The maximum absolute atomic E-state index is 12.7. The number of aromatic nitrogens is 4. The van der Waals surface area contributed by atoms with E-state index in [0.717, 1.165) is 36.5 Å². The molecule has 4 heterocycles. The van der Waals surface area contributed by atoms with Crippen LogP contribution in [0.25, 0.3) is 5.65 Å². The molecule has 140 valence electrons. The number of hydrogen-bond acceptors (Lipinski definition) is 5. The number of nitrogens with one attached hydrogen (secondary N) is 1. The topological polar surface area (TPSA) is 84.5 Å². The molecule has 1 fully saturated rings. The van der Waals surface area contributed by atoms with Gasteiger partial charge in [0.15, 0.2) is 0 Å². The third-order valence-electron chi connectivity index (χ3n) is 5.08. The molecule has 0 unspecified atom stereocenters. The lowest BCUT2D eigenvalue weighted by atomic mass is 10.1. The van der Waals surface area contributed by atoms with Gasteiger partial charge in [-0.1, -0.05) is 6.07 Å². The van der Waals surface area contributed by atoms with Crippen molar-refractivity contribution in [3.05, 3.63) is 58.4 Å². The molecule has 1 aliphatic rings. The number of nitrogens with zero attached hydrogens (tertiary/aromatic N) is 5. The SMILES string of the molecule is Cc1nc2ccccn2c1C(=O)NC[C@H]1CCN(c2cnn(C)c(=O)c2)C1. The number of pyridine rings is 1. The molecule has 0 radical (unpaired) electrons. The van der Waals surface area contributed by atoms with Gasteiger partial charge in [-0.25, -0.2) is 9.67 Å². The molecule has 1 saturated heterocycles. The van der Waals surface area contributed by atoms with Crippen LogP contribution in [0.15, 0.2) is 41.5 Å². The first kappa shape index (κ1) is 17.3. The van der Waals surface area contributed by atoms with Crippen LogP contribution in [0.1, 0.15) is 22.6 Å². The van der Waals surface area contributed by atoms with E-state index in [4.69, 9.17) is 0 Å². The normalized spacial score (nSPS) is 16.8. The Balaban J connectivity index is 1.40. The smallest absolute Gasteiger partial charge is 0.270 e. The van der Waals surface area contributed by atoms with Gasteiger partial charge in [-0.2, -0.15) is 5.10 Å². The fourth-order valence-electron chi connectivity index (χ4n) is 3.57. The Bertz CT molecular complexity index is 1050. The first-order valence-corrected chi connectivity index (χ1v) is 9.03. The highest BCUT2D eigenvalue weighted by atomic mass is 16.2. The number of hydrogen-bond donors (Lipinski definition) is 1. The first-order chi connectivity index (χ1) is 13.0. The van der Waals surface area contributed by atoms with E-state index in [1.807, 2.05) is 35.7 Å². The number of anilines is 1. The Morgan fingerprint density at radius 1 is 1.37 bits per heavy atom. The van der Waals surface area contributed by atoms with Crippen LogP contribution in [-0.2, 0) is 7.05 Å². The van der Waals surface area contributed by atoms with Gasteiger partial charge in [0, 0.05) is 38.9 Å². The maximum atomic E-state index is 12.7. The number of aryl methyl sites for hydroxylation is 2. The van der Waals surface area contributed by atoms with Crippen molar-refractivity contribution in [2.24, 2.45) is 13.0 Å². The van der Waals surface area contributed by atoms with E-state index in [2.05, 4.69) is 20.3 Å². The molecule has 1 N–H and O–H groups in total. The minimum Gasteiger partial charge on any atom is -0.370 e. The summed E-state index contributed by atoms with van der Waals surface area (Å²) < 4.78 is 3.13. The molecule has 27 heavy (non-hydrogen) atoms. The Morgan fingerprint density at radius 3 is 3.04 bits per heavy atom. The van der Waals surface area contributed by atoms with Crippen LogP contribution in [0.5, 0.6) is 0 Å². The molecule has 0 aliphatic carbocycles. The Morgan fingerprint density at radius 2 is 2.22 bits per heavy atom. The molecule has 1 amide bonds. The predicted octanol–water partition coefficient (Wildman–Crippen LogP) is 0.993. The molecule has 0 saturated carbocycles.